The fourth-order valence-corrected chi connectivity index (χ4v) is 9.17. The number of nitrogens with zero attached hydrogens (tertiary/aromatic N) is 3. The SMILES string of the molecule is c1ccc(-c2nc(-c3ccccc3)nc(-c3ccc4c(c3)sc3ccc(-c5ccccc5-c5ccc6c(c5)sc5ccccc56)cc34)n2)cc1. The summed E-state index contributed by atoms with van der Waals surface area (Å²) in [6.45, 7) is 0. The first-order chi connectivity index (χ1) is 24.7. The summed E-state index contributed by atoms with van der Waals surface area (Å²) in [7, 11) is 0. The second-order valence-corrected chi connectivity index (χ2v) is 14.6. The molecule has 50 heavy (non-hydrogen) atoms. The van der Waals surface area contributed by atoms with E-state index in [9.17, 15) is 0 Å². The normalized spacial score (nSPS) is 11.6. The lowest BCUT2D eigenvalue weighted by molar-refractivity contribution is 1.07. The molecule has 0 aliphatic rings. The Morgan fingerprint density at radius 2 is 0.720 bits per heavy atom. The molecule has 234 valence electrons. The summed E-state index contributed by atoms with van der Waals surface area (Å²) in [4.78, 5) is 14.8. The van der Waals surface area contributed by atoms with E-state index in [-0.39, 0.29) is 0 Å². The molecule has 3 nitrogen and oxygen atoms in total. The topological polar surface area (TPSA) is 38.7 Å². The Labute approximate surface area is 296 Å². The van der Waals surface area contributed by atoms with Crippen LogP contribution in [0, 0.1) is 0 Å². The molecular weight excluding hydrogens is 647 g/mol. The summed E-state index contributed by atoms with van der Waals surface area (Å²) < 4.78 is 5.12. The lowest BCUT2D eigenvalue weighted by Crippen LogP contribution is -1.99. The van der Waals surface area contributed by atoms with Gasteiger partial charge in [0.15, 0.2) is 17.5 Å². The highest BCUT2D eigenvalue weighted by molar-refractivity contribution is 7.26. The van der Waals surface area contributed by atoms with Crippen LogP contribution in [0.25, 0.3) is 96.8 Å². The third kappa shape index (κ3) is 4.98. The van der Waals surface area contributed by atoms with Crippen molar-refractivity contribution in [3.05, 3.63) is 164 Å². The average Bonchev–Trinajstić information content (AvgIpc) is 3.75. The van der Waals surface area contributed by atoms with E-state index in [1.54, 1.807) is 0 Å². The van der Waals surface area contributed by atoms with Crippen molar-refractivity contribution in [2.75, 3.05) is 0 Å². The van der Waals surface area contributed by atoms with Crippen LogP contribution in [0.5, 0.6) is 0 Å². The Hall–Kier alpha value is -6.01. The van der Waals surface area contributed by atoms with Crippen LogP contribution in [0.4, 0.5) is 0 Å². The van der Waals surface area contributed by atoms with Gasteiger partial charge in [-0.1, -0.05) is 133 Å². The van der Waals surface area contributed by atoms with Crippen LogP contribution in [0.15, 0.2) is 164 Å². The molecule has 0 aliphatic heterocycles. The van der Waals surface area contributed by atoms with Gasteiger partial charge < -0.3 is 0 Å². The van der Waals surface area contributed by atoms with Gasteiger partial charge in [0.25, 0.3) is 0 Å². The third-order valence-electron chi connectivity index (χ3n) is 9.36. The quantitative estimate of drug-likeness (QED) is 0.182. The van der Waals surface area contributed by atoms with E-state index in [0.29, 0.717) is 17.5 Å². The highest BCUT2D eigenvalue weighted by Crippen LogP contribution is 2.42. The van der Waals surface area contributed by atoms with E-state index in [1.165, 1.54) is 62.6 Å². The smallest absolute Gasteiger partial charge is 0.164 e. The summed E-state index contributed by atoms with van der Waals surface area (Å²) in [5.74, 6) is 2.00. The van der Waals surface area contributed by atoms with Gasteiger partial charge in [-0.2, -0.15) is 0 Å². The van der Waals surface area contributed by atoms with Crippen LogP contribution >= 0.6 is 22.7 Å². The molecule has 10 rings (SSSR count). The van der Waals surface area contributed by atoms with E-state index in [1.807, 2.05) is 83.3 Å². The van der Waals surface area contributed by atoms with Gasteiger partial charge in [0.2, 0.25) is 0 Å². The monoisotopic (exact) mass is 673 g/mol. The molecule has 0 saturated carbocycles. The largest absolute Gasteiger partial charge is 0.208 e. The van der Waals surface area contributed by atoms with Crippen molar-refractivity contribution in [1.82, 2.24) is 15.0 Å². The number of fused-ring (bicyclic) bond motifs is 6. The molecule has 0 N–H and O–H groups in total. The number of benzene rings is 7. The van der Waals surface area contributed by atoms with Crippen molar-refractivity contribution >= 4 is 63.0 Å². The third-order valence-corrected chi connectivity index (χ3v) is 11.6. The minimum absolute atomic E-state index is 0.667. The Morgan fingerprint density at radius 3 is 1.38 bits per heavy atom. The van der Waals surface area contributed by atoms with Crippen LogP contribution in [0.1, 0.15) is 0 Å². The predicted molar refractivity (Wildman–Crippen MR) is 213 cm³/mol. The van der Waals surface area contributed by atoms with Gasteiger partial charge in [-0.25, -0.2) is 15.0 Å². The minimum Gasteiger partial charge on any atom is -0.208 e. The van der Waals surface area contributed by atoms with Crippen molar-refractivity contribution in [2.45, 2.75) is 0 Å². The fourth-order valence-electron chi connectivity index (χ4n) is 6.90. The molecule has 0 amide bonds. The molecule has 5 heteroatoms. The lowest BCUT2D eigenvalue weighted by Gasteiger charge is -2.11. The maximum atomic E-state index is 4.97. The number of hydrogen-bond donors (Lipinski definition) is 0. The van der Waals surface area contributed by atoms with E-state index >= 15 is 0 Å². The van der Waals surface area contributed by atoms with Gasteiger partial charge in [0.05, 0.1) is 0 Å². The molecule has 0 saturated heterocycles. The van der Waals surface area contributed by atoms with Crippen molar-refractivity contribution in [3.8, 4) is 56.4 Å². The molecule has 3 aromatic heterocycles. The maximum Gasteiger partial charge on any atom is 0.164 e. The van der Waals surface area contributed by atoms with Crippen LogP contribution in [-0.2, 0) is 0 Å². The van der Waals surface area contributed by atoms with Gasteiger partial charge in [-0.05, 0) is 52.6 Å². The zero-order valence-corrected chi connectivity index (χ0v) is 28.4. The van der Waals surface area contributed by atoms with Crippen LogP contribution in [-0.4, -0.2) is 15.0 Å². The molecule has 0 fully saturated rings. The van der Waals surface area contributed by atoms with Gasteiger partial charge >= 0.3 is 0 Å². The highest BCUT2D eigenvalue weighted by Gasteiger charge is 2.16. The Kier molecular flexibility index (Phi) is 6.86. The van der Waals surface area contributed by atoms with Crippen molar-refractivity contribution in [1.29, 1.82) is 0 Å². The Bertz CT molecular complexity index is 2810. The van der Waals surface area contributed by atoms with Crippen LogP contribution in [0.3, 0.4) is 0 Å². The van der Waals surface area contributed by atoms with Crippen LogP contribution < -0.4 is 0 Å². The molecule has 0 bridgehead atoms. The standard InChI is InChI=1S/C45H27N3S2/c1-3-11-28(12-4-1)43-46-44(29-13-5-2-6-14-29)48-45(47-43)32-20-23-37-38-25-30(21-24-40(38)50-42(37)27-32)33-15-7-8-16-34(33)31-19-22-36-35-17-9-10-18-39(35)49-41(36)26-31/h1-27H. The predicted octanol–water partition coefficient (Wildman–Crippen LogP) is 12.9. The summed E-state index contributed by atoms with van der Waals surface area (Å²) >= 11 is 3.67. The molecule has 10 aromatic rings. The second kappa shape index (κ2) is 11.8. The fraction of sp³-hybridized carbons (Fsp3) is 0. The second-order valence-electron chi connectivity index (χ2n) is 12.4. The molecule has 7 aromatic carbocycles. The van der Waals surface area contributed by atoms with E-state index in [2.05, 4.69) is 103 Å². The molecular formula is C45H27N3S2. The zero-order chi connectivity index (χ0) is 33.0. The summed E-state index contributed by atoms with van der Waals surface area (Å²) in [5, 5.41) is 5.14. The molecule has 0 unspecified atom stereocenters. The first-order valence-electron chi connectivity index (χ1n) is 16.6. The van der Waals surface area contributed by atoms with Gasteiger partial charge in [-0.3, -0.25) is 0 Å². The maximum absolute atomic E-state index is 4.97. The van der Waals surface area contributed by atoms with E-state index < -0.39 is 0 Å². The van der Waals surface area contributed by atoms with Crippen molar-refractivity contribution in [2.24, 2.45) is 0 Å². The van der Waals surface area contributed by atoms with E-state index in [0.717, 1.165) is 16.7 Å². The van der Waals surface area contributed by atoms with Gasteiger partial charge in [-0.15, -0.1) is 22.7 Å². The summed E-state index contributed by atoms with van der Waals surface area (Å²) in [6, 6.07) is 58.1. The first kappa shape index (κ1) is 29.0. The molecule has 0 radical (unpaired) electrons. The number of aromatic nitrogens is 3. The summed E-state index contributed by atoms with van der Waals surface area (Å²) in [6.07, 6.45) is 0. The zero-order valence-electron chi connectivity index (χ0n) is 26.7. The van der Waals surface area contributed by atoms with Crippen LogP contribution in [0.2, 0.25) is 0 Å². The molecule has 0 aliphatic carbocycles. The van der Waals surface area contributed by atoms with Crippen molar-refractivity contribution < 1.29 is 0 Å². The van der Waals surface area contributed by atoms with E-state index in [4.69, 9.17) is 15.0 Å². The Morgan fingerprint density at radius 1 is 0.280 bits per heavy atom. The number of hydrogen-bond acceptors (Lipinski definition) is 5. The minimum atomic E-state index is 0.667. The number of rotatable bonds is 5. The highest BCUT2D eigenvalue weighted by atomic mass is 32.1. The first-order valence-corrected chi connectivity index (χ1v) is 18.2. The Balaban J connectivity index is 1.06. The van der Waals surface area contributed by atoms with Crippen molar-refractivity contribution in [3.63, 3.8) is 0 Å². The van der Waals surface area contributed by atoms with Gasteiger partial charge in [0, 0.05) is 57.0 Å². The molecule has 0 spiro atoms. The number of thiophene rings is 2. The average molecular weight is 674 g/mol. The van der Waals surface area contributed by atoms with Gasteiger partial charge in [0.1, 0.15) is 0 Å². The molecule has 3 heterocycles. The summed E-state index contributed by atoms with van der Waals surface area (Å²) in [5.41, 5.74) is 7.83. The molecule has 0 atom stereocenters. The lowest BCUT2D eigenvalue weighted by atomic mass is 9.93.